The molecule has 0 aliphatic heterocycles. The Morgan fingerprint density at radius 1 is 1.32 bits per heavy atom. The molecule has 2 aromatic rings. The summed E-state index contributed by atoms with van der Waals surface area (Å²) in [5.74, 6) is 0.506. The lowest BCUT2D eigenvalue weighted by molar-refractivity contribution is 0.281. The first-order valence-corrected chi connectivity index (χ1v) is 5.81. The van der Waals surface area contributed by atoms with Gasteiger partial charge in [0, 0.05) is 6.54 Å². The van der Waals surface area contributed by atoms with Crippen LogP contribution in [0.4, 0.5) is 11.5 Å². The Balaban J connectivity index is 2.12. The van der Waals surface area contributed by atoms with Crippen LogP contribution in [0.25, 0.3) is 0 Å². The number of aliphatic hydroxyl groups excluding tert-OH is 1. The van der Waals surface area contributed by atoms with E-state index in [1.54, 1.807) is 6.07 Å². The number of aromatic nitrogens is 1. The number of anilines is 2. The normalized spacial score (nSPS) is 9.89. The number of nitrogens with one attached hydrogen (secondary N) is 1. The summed E-state index contributed by atoms with van der Waals surface area (Å²) >= 11 is 0. The molecule has 0 aliphatic carbocycles. The van der Waals surface area contributed by atoms with E-state index in [0.717, 1.165) is 11.1 Å². The molecule has 0 amide bonds. The van der Waals surface area contributed by atoms with Gasteiger partial charge < -0.3 is 16.2 Å². The molecule has 5 nitrogen and oxygen atoms in total. The molecule has 0 saturated heterocycles. The summed E-state index contributed by atoms with van der Waals surface area (Å²) in [6, 6.07) is 11.2. The molecule has 0 atom stereocenters. The summed E-state index contributed by atoms with van der Waals surface area (Å²) in [6.45, 7) is 0.539. The molecule has 0 fully saturated rings. The lowest BCUT2D eigenvalue weighted by atomic mass is 10.1. The maximum absolute atomic E-state index is 9.07. The van der Waals surface area contributed by atoms with E-state index in [2.05, 4.69) is 16.4 Å². The van der Waals surface area contributed by atoms with Gasteiger partial charge in [0.05, 0.1) is 24.1 Å². The van der Waals surface area contributed by atoms with Crippen molar-refractivity contribution in [3.63, 3.8) is 0 Å². The van der Waals surface area contributed by atoms with Gasteiger partial charge >= 0.3 is 0 Å². The van der Waals surface area contributed by atoms with Crippen molar-refractivity contribution in [1.82, 2.24) is 4.98 Å². The first-order valence-electron chi connectivity index (χ1n) is 5.81. The van der Waals surface area contributed by atoms with Gasteiger partial charge in [0.1, 0.15) is 11.9 Å². The molecule has 0 unspecified atom stereocenters. The van der Waals surface area contributed by atoms with E-state index in [9.17, 15) is 0 Å². The predicted molar refractivity (Wildman–Crippen MR) is 73.1 cm³/mol. The van der Waals surface area contributed by atoms with E-state index in [1.807, 2.05) is 24.3 Å². The molecule has 1 aromatic carbocycles. The monoisotopic (exact) mass is 254 g/mol. The van der Waals surface area contributed by atoms with Crippen molar-refractivity contribution in [2.24, 2.45) is 0 Å². The minimum absolute atomic E-state index is 0.0113. The number of pyridine rings is 1. The van der Waals surface area contributed by atoms with Crippen molar-refractivity contribution < 1.29 is 5.11 Å². The van der Waals surface area contributed by atoms with Gasteiger partial charge in [0.2, 0.25) is 0 Å². The molecule has 0 bridgehead atoms. The number of hydrogen-bond acceptors (Lipinski definition) is 5. The molecular weight excluding hydrogens is 240 g/mol. The fraction of sp³-hybridized carbons (Fsp3) is 0.143. The van der Waals surface area contributed by atoms with E-state index in [-0.39, 0.29) is 6.61 Å². The molecule has 4 N–H and O–H groups in total. The Morgan fingerprint density at radius 2 is 2.11 bits per heavy atom. The van der Waals surface area contributed by atoms with Gasteiger partial charge in [-0.3, -0.25) is 0 Å². The fourth-order valence-corrected chi connectivity index (χ4v) is 1.73. The highest BCUT2D eigenvalue weighted by Crippen LogP contribution is 2.15. The topological polar surface area (TPSA) is 95.0 Å². The van der Waals surface area contributed by atoms with Crippen molar-refractivity contribution in [3.8, 4) is 6.07 Å². The van der Waals surface area contributed by atoms with Crippen LogP contribution in [0.5, 0.6) is 0 Å². The summed E-state index contributed by atoms with van der Waals surface area (Å²) in [5.41, 5.74) is 8.32. The van der Waals surface area contributed by atoms with Crippen LogP contribution in [0.3, 0.4) is 0 Å². The van der Waals surface area contributed by atoms with Gasteiger partial charge in [-0.15, -0.1) is 0 Å². The van der Waals surface area contributed by atoms with Crippen LogP contribution in [-0.4, -0.2) is 10.1 Å². The summed E-state index contributed by atoms with van der Waals surface area (Å²) < 4.78 is 0. The number of nitrogens with two attached hydrogens (primary N) is 1. The number of nitrogens with zero attached hydrogens (tertiary/aromatic N) is 2. The zero-order valence-electron chi connectivity index (χ0n) is 10.3. The third-order valence-corrected chi connectivity index (χ3v) is 2.66. The second-order valence-corrected chi connectivity index (χ2v) is 4.11. The number of hydrogen-bond donors (Lipinski definition) is 3. The molecule has 19 heavy (non-hydrogen) atoms. The number of benzene rings is 1. The predicted octanol–water partition coefficient (Wildman–Crippen LogP) is 1.64. The molecule has 96 valence electrons. The first-order chi connectivity index (χ1) is 9.22. The second-order valence-electron chi connectivity index (χ2n) is 4.11. The SMILES string of the molecule is N#Cc1cc(N)cnc1NCc1cccc(CO)c1. The van der Waals surface area contributed by atoms with Crippen LogP contribution in [0, 0.1) is 11.3 Å². The zero-order valence-corrected chi connectivity index (χ0v) is 10.3. The molecular formula is C14H14N4O. The van der Waals surface area contributed by atoms with Crippen LogP contribution in [0.1, 0.15) is 16.7 Å². The average Bonchev–Trinajstić information content (AvgIpc) is 2.46. The number of rotatable bonds is 4. The van der Waals surface area contributed by atoms with Crippen LogP contribution in [0.2, 0.25) is 0 Å². The van der Waals surface area contributed by atoms with Gasteiger partial charge in [-0.1, -0.05) is 24.3 Å². The Bertz CT molecular complexity index is 619. The first kappa shape index (κ1) is 12.9. The Hall–Kier alpha value is -2.58. The Morgan fingerprint density at radius 3 is 2.84 bits per heavy atom. The standard InChI is InChI=1S/C14H14N4O/c15-6-12-5-13(16)8-18-14(12)17-7-10-2-1-3-11(4-10)9-19/h1-5,8,19H,7,9,16H2,(H,17,18). The molecule has 0 spiro atoms. The Labute approximate surface area is 111 Å². The van der Waals surface area contributed by atoms with Gasteiger partial charge in [-0.25, -0.2) is 4.98 Å². The lowest BCUT2D eigenvalue weighted by Gasteiger charge is -2.08. The van der Waals surface area contributed by atoms with E-state index >= 15 is 0 Å². The van der Waals surface area contributed by atoms with Crippen LogP contribution in [0.15, 0.2) is 36.5 Å². The van der Waals surface area contributed by atoms with Crippen LogP contribution < -0.4 is 11.1 Å². The van der Waals surface area contributed by atoms with Gasteiger partial charge in [-0.05, 0) is 17.2 Å². The minimum atomic E-state index is 0.0113. The van der Waals surface area contributed by atoms with E-state index in [1.165, 1.54) is 6.20 Å². The van der Waals surface area contributed by atoms with E-state index < -0.39 is 0 Å². The highest BCUT2D eigenvalue weighted by atomic mass is 16.3. The smallest absolute Gasteiger partial charge is 0.144 e. The molecule has 2 rings (SSSR count). The summed E-state index contributed by atoms with van der Waals surface area (Å²) in [7, 11) is 0. The highest BCUT2D eigenvalue weighted by molar-refractivity contribution is 5.57. The van der Waals surface area contributed by atoms with Gasteiger partial charge in [0.15, 0.2) is 0 Å². The van der Waals surface area contributed by atoms with Crippen molar-refractivity contribution in [3.05, 3.63) is 53.2 Å². The summed E-state index contributed by atoms with van der Waals surface area (Å²) in [6.07, 6.45) is 1.51. The molecule has 5 heteroatoms. The second kappa shape index (κ2) is 5.85. The van der Waals surface area contributed by atoms with Gasteiger partial charge in [-0.2, -0.15) is 5.26 Å². The van der Waals surface area contributed by atoms with E-state index in [4.69, 9.17) is 16.1 Å². The van der Waals surface area contributed by atoms with Crippen LogP contribution >= 0.6 is 0 Å². The average molecular weight is 254 g/mol. The molecule has 1 heterocycles. The largest absolute Gasteiger partial charge is 0.397 e. The third kappa shape index (κ3) is 3.21. The zero-order chi connectivity index (χ0) is 13.7. The van der Waals surface area contributed by atoms with Crippen molar-refractivity contribution >= 4 is 11.5 Å². The summed E-state index contributed by atoms with van der Waals surface area (Å²) in [5, 5.41) is 21.2. The van der Waals surface area contributed by atoms with Gasteiger partial charge in [0.25, 0.3) is 0 Å². The van der Waals surface area contributed by atoms with Crippen molar-refractivity contribution in [2.45, 2.75) is 13.2 Å². The maximum atomic E-state index is 9.07. The quantitative estimate of drug-likeness (QED) is 0.771. The Kier molecular flexibility index (Phi) is 3.96. The number of aliphatic hydroxyl groups is 1. The fourth-order valence-electron chi connectivity index (χ4n) is 1.73. The molecule has 0 aliphatic rings. The van der Waals surface area contributed by atoms with E-state index in [0.29, 0.717) is 23.6 Å². The molecule has 1 aromatic heterocycles. The summed E-state index contributed by atoms with van der Waals surface area (Å²) in [4.78, 5) is 4.10. The molecule has 0 radical (unpaired) electrons. The molecule has 0 saturated carbocycles. The van der Waals surface area contributed by atoms with Crippen LogP contribution in [-0.2, 0) is 13.2 Å². The third-order valence-electron chi connectivity index (χ3n) is 2.66. The number of nitrogen functional groups attached to an aromatic ring is 1. The number of nitriles is 1. The van der Waals surface area contributed by atoms with Crippen molar-refractivity contribution in [2.75, 3.05) is 11.1 Å². The highest BCUT2D eigenvalue weighted by Gasteiger charge is 2.04. The maximum Gasteiger partial charge on any atom is 0.144 e. The van der Waals surface area contributed by atoms with Crippen molar-refractivity contribution in [1.29, 1.82) is 5.26 Å². The lowest BCUT2D eigenvalue weighted by Crippen LogP contribution is -2.04. The minimum Gasteiger partial charge on any atom is -0.397 e.